The summed E-state index contributed by atoms with van der Waals surface area (Å²) < 4.78 is 5.22. The quantitative estimate of drug-likeness (QED) is 0.272. The molecule has 2 aromatic heterocycles. The first-order chi connectivity index (χ1) is 16.1. The Kier molecular flexibility index (Phi) is 4.91. The molecule has 186 valence electrons. The van der Waals surface area contributed by atoms with E-state index < -0.39 is 0 Å². The Bertz CT molecular complexity index is 1520. The molecule has 0 saturated carbocycles. The van der Waals surface area contributed by atoms with Crippen molar-refractivity contribution in [2.45, 2.75) is 118 Å². The van der Waals surface area contributed by atoms with Crippen LogP contribution in [0.1, 0.15) is 110 Å². The Morgan fingerprint density at radius 3 is 2.03 bits per heavy atom. The van der Waals surface area contributed by atoms with Gasteiger partial charge in [-0.15, -0.1) is 0 Å². The van der Waals surface area contributed by atoms with E-state index in [-0.39, 0.29) is 21.8 Å². The van der Waals surface area contributed by atoms with E-state index in [2.05, 4.69) is 116 Å². The molecule has 0 amide bonds. The fraction of sp³-hybridized carbons (Fsp3) is 0.562. The summed E-state index contributed by atoms with van der Waals surface area (Å²) in [5, 5.41) is 1.34. The number of fused-ring (bicyclic) bond motifs is 3. The van der Waals surface area contributed by atoms with E-state index in [4.69, 9.17) is 4.98 Å². The van der Waals surface area contributed by atoms with Crippen molar-refractivity contribution in [3.63, 3.8) is 0 Å². The van der Waals surface area contributed by atoms with Gasteiger partial charge in [-0.05, 0) is 79.5 Å². The van der Waals surface area contributed by atoms with Gasteiger partial charge in [0.05, 0.1) is 10.9 Å². The molecule has 35 heavy (non-hydrogen) atoms. The molecule has 3 nitrogen and oxygen atoms in total. The predicted molar refractivity (Wildman–Crippen MR) is 149 cm³/mol. The van der Waals surface area contributed by atoms with Gasteiger partial charge in [0.2, 0.25) is 5.82 Å². The molecule has 0 bridgehead atoms. The van der Waals surface area contributed by atoms with Crippen molar-refractivity contribution < 1.29 is 4.57 Å². The molecule has 0 fully saturated rings. The molecule has 0 spiro atoms. The van der Waals surface area contributed by atoms with Gasteiger partial charge in [-0.2, -0.15) is 4.40 Å². The molecule has 3 heteroatoms. The lowest BCUT2D eigenvalue weighted by atomic mass is 9.61. The van der Waals surface area contributed by atoms with Gasteiger partial charge in [0.15, 0.2) is 11.0 Å². The van der Waals surface area contributed by atoms with E-state index in [9.17, 15) is 0 Å². The average molecular weight is 471 g/mol. The monoisotopic (exact) mass is 470 g/mol. The molecule has 5 rings (SSSR count). The molecule has 2 unspecified atom stereocenters. The van der Waals surface area contributed by atoms with Crippen LogP contribution in [-0.4, -0.2) is 9.38 Å². The number of benzene rings is 2. The number of imidazole rings is 1. The summed E-state index contributed by atoms with van der Waals surface area (Å²) in [6, 6.07) is 9.71. The zero-order valence-corrected chi connectivity index (χ0v) is 24.1. The maximum absolute atomic E-state index is 5.48. The van der Waals surface area contributed by atoms with E-state index in [0.717, 1.165) is 24.2 Å². The normalized spacial score (nSPS) is 22.7. The summed E-state index contributed by atoms with van der Waals surface area (Å²) in [5.74, 6) is 1.14. The zero-order valence-electron chi connectivity index (χ0n) is 24.1. The summed E-state index contributed by atoms with van der Waals surface area (Å²) in [6.07, 6.45) is 2.15. The van der Waals surface area contributed by atoms with Crippen LogP contribution in [0.15, 0.2) is 24.3 Å². The second kappa shape index (κ2) is 7.08. The maximum atomic E-state index is 5.48. The molecule has 0 saturated heterocycles. The van der Waals surface area contributed by atoms with E-state index in [1.165, 1.54) is 44.3 Å². The minimum Gasteiger partial charge on any atom is -0.216 e. The standard InChI is InChI=1S/C32H44N3/c1-13-31(11)22-17-21(29(5,6)7)18-23-26(22)27-34(28(33-23)30(8,9)10)24-15-19(3)20(4)16-25(24)35(27)32(31,12)14-2/h15-18H,13-14H2,1-12H3/q+1. The van der Waals surface area contributed by atoms with E-state index in [0.29, 0.717) is 0 Å². The first kappa shape index (κ1) is 24.3. The number of nitrogens with zero attached hydrogens (tertiary/aromatic N) is 3. The molecule has 0 aliphatic carbocycles. The van der Waals surface area contributed by atoms with E-state index in [1.54, 1.807) is 0 Å². The fourth-order valence-corrected chi connectivity index (χ4v) is 6.55. The van der Waals surface area contributed by atoms with Gasteiger partial charge < -0.3 is 0 Å². The zero-order chi connectivity index (χ0) is 25.9. The minimum atomic E-state index is -0.0945. The number of hydrogen-bond acceptors (Lipinski definition) is 1. The van der Waals surface area contributed by atoms with E-state index >= 15 is 0 Å². The highest BCUT2D eigenvalue weighted by Crippen LogP contribution is 2.51. The minimum absolute atomic E-state index is 0.0164. The summed E-state index contributed by atoms with van der Waals surface area (Å²) >= 11 is 0. The van der Waals surface area contributed by atoms with Gasteiger partial charge in [0, 0.05) is 10.8 Å². The smallest absolute Gasteiger partial charge is 0.216 e. The number of hydrogen-bond donors (Lipinski definition) is 0. The van der Waals surface area contributed by atoms with Gasteiger partial charge in [-0.3, -0.25) is 0 Å². The molecule has 1 aliphatic rings. The lowest BCUT2D eigenvalue weighted by Crippen LogP contribution is -2.66. The van der Waals surface area contributed by atoms with Crippen molar-refractivity contribution in [1.82, 2.24) is 9.38 Å². The van der Waals surface area contributed by atoms with Crippen molar-refractivity contribution in [3.05, 3.63) is 52.3 Å². The Morgan fingerprint density at radius 2 is 1.49 bits per heavy atom. The van der Waals surface area contributed by atoms with Crippen LogP contribution in [0, 0.1) is 13.8 Å². The Balaban J connectivity index is 2.20. The Hall–Kier alpha value is -2.42. The Labute approximate surface area is 211 Å². The van der Waals surface area contributed by atoms with Crippen LogP contribution in [0.25, 0.3) is 27.6 Å². The van der Waals surface area contributed by atoms with E-state index in [1.807, 2.05) is 0 Å². The third-order valence-corrected chi connectivity index (χ3v) is 9.48. The number of rotatable bonds is 2. The highest BCUT2D eigenvalue weighted by molar-refractivity contribution is 5.98. The highest BCUT2D eigenvalue weighted by Gasteiger charge is 2.55. The van der Waals surface area contributed by atoms with Crippen LogP contribution < -0.4 is 4.57 Å². The summed E-state index contributed by atoms with van der Waals surface area (Å²) in [5.41, 5.74) is 10.5. The number of aryl methyl sites for hydroxylation is 2. The van der Waals surface area contributed by atoms with Gasteiger partial charge >= 0.3 is 0 Å². The summed E-state index contributed by atoms with van der Waals surface area (Å²) in [6.45, 7) is 28.1. The van der Waals surface area contributed by atoms with Gasteiger partial charge in [-0.1, -0.05) is 68.4 Å². The van der Waals surface area contributed by atoms with Crippen LogP contribution in [0.2, 0.25) is 0 Å². The molecule has 0 N–H and O–H groups in total. The molecule has 3 heterocycles. The molecule has 2 aromatic carbocycles. The lowest BCUT2D eigenvalue weighted by molar-refractivity contribution is -0.728. The summed E-state index contributed by atoms with van der Waals surface area (Å²) in [4.78, 5) is 5.48. The van der Waals surface area contributed by atoms with Crippen LogP contribution in [0.4, 0.5) is 0 Å². The van der Waals surface area contributed by atoms with Crippen molar-refractivity contribution in [1.29, 1.82) is 0 Å². The van der Waals surface area contributed by atoms with Crippen LogP contribution in [0.3, 0.4) is 0 Å². The fourth-order valence-electron chi connectivity index (χ4n) is 6.55. The highest BCUT2D eigenvalue weighted by atomic mass is 15.2. The van der Waals surface area contributed by atoms with Crippen molar-refractivity contribution >= 4 is 27.6 Å². The first-order valence-electron chi connectivity index (χ1n) is 13.5. The number of aromatic nitrogens is 3. The van der Waals surface area contributed by atoms with Crippen molar-refractivity contribution in [2.24, 2.45) is 0 Å². The van der Waals surface area contributed by atoms with Gasteiger partial charge in [-0.25, -0.2) is 9.55 Å². The molecule has 2 atom stereocenters. The average Bonchev–Trinajstić information content (AvgIpc) is 3.09. The van der Waals surface area contributed by atoms with Crippen molar-refractivity contribution in [2.75, 3.05) is 0 Å². The maximum Gasteiger partial charge on any atom is 0.299 e. The summed E-state index contributed by atoms with van der Waals surface area (Å²) in [7, 11) is 0. The Morgan fingerprint density at radius 1 is 0.857 bits per heavy atom. The van der Waals surface area contributed by atoms with Crippen LogP contribution >= 0.6 is 0 Å². The SMILES string of the molecule is CCC1(C)c2cc(C(C)(C)C)cc3nc(C(C)(C)C)n4c5cc(C)c(C)cc5[n+](c4c23)C1(C)CC. The molecule has 0 radical (unpaired) electrons. The molecular weight excluding hydrogens is 426 g/mol. The van der Waals surface area contributed by atoms with Crippen molar-refractivity contribution in [3.8, 4) is 0 Å². The second-order valence-electron chi connectivity index (χ2n) is 13.6. The molecule has 4 aromatic rings. The lowest BCUT2D eigenvalue weighted by Gasteiger charge is -2.47. The third-order valence-electron chi connectivity index (χ3n) is 9.48. The largest absolute Gasteiger partial charge is 0.299 e. The van der Waals surface area contributed by atoms with Gasteiger partial charge in [0.1, 0.15) is 5.54 Å². The van der Waals surface area contributed by atoms with Crippen LogP contribution in [-0.2, 0) is 21.8 Å². The molecule has 1 aliphatic heterocycles. The second-order valence-corrected chi connectivity index (χ2v) is 13.6. The molecular formula is C32H44N3+. The topological polar surface area (TPSA) is 21.2 Å². The van der Waals surface area contributed by atoms with Crippen LogP contribution in [0.5, 0.6) is 0 Å². The predicted octanol–water partition coefficient (Wildman–Crippen LogP) is 7.95. The van der Waals surface area contributed by atoms with Gasteiger partial charge in [0.25, 0.3) is 5.65 Å². The first-order valence-corrected chi connectivity index (χ1v) is 13.5. The third kappa shape index (κ3) is 2.96.